The summed E-state index contributed by atoms with van der Waals surface area (Å²) in [7, 11) is 1.52. The smallest absolute Gasteiger partial charge is 0.261 e. The Morgan fingerprint density at radius 2 is 1.89 bits per heavy atom. The van der Waals surface area contributed by atoms with Gasteiger partial charge in [0.05, 0.1) is 5.52 Å². The van der Waals surface area contributed by atoms with Crippen LogP contribution in [0.1, 0.15) is 47.5 Å². The molecule has 1 aliphatic heterocycles. The number of rotatable bonds is 4. The number of H-pyrrole nitrogens is 1. The average molecular weight is 503 g/mol. The summed E-state index contributed by atoms with van der Waals surface area (Å²) in [6, 6.07) is 15.7. The topological polar surface area (TPSA) is 87.7 Å². The third-order valence-electron chi connectivity index (χ3n) is 6.32. The first-order valence-electron chi connectivity index (χ1n) is 11.7. The number of amides is 1. The molecule has 2 aromatic heterocycles. The molecule has 6 rings (SSSR count). The summed E-state index contributed by atoms with van der Waals surface area (Å²) >= 11 is 3.41. The molecule has 8 heteroatoms. The van der Waals surface area contributed by atoms with Crippen molar-refractivity contribution in [3.63, 3.8) is 0 Å². The van der Waals surface area contributed by atoms with Crippen LogP contribution in [-0.2, 0) is 0 Å². The first-order chi connectivity index (χ1) is 17.2. The second kappa shape index (κ2) is 10.6. The fourth-order valence-electron chi connectivity index (χ4n) is 4.25. The number of pyridine rings is 1. The lowest BCUT2D eigenvalue weighted by Crippen LogP contribution is -2.26. The monoisotopic (exact) mass is 502 g/mol. The minimum Gasteiger partial charge on any atom is -0.355 e. The second-order valence-electron chi connectivity index (χ2n) is 8.52. The molecule has 4 aromatic rings. The maximum absolute atomic E-state index is 12.7. The Balaban J connectivity index is 0.000000453. The van der Waals surface area contributed by atoms with Crippen LogP contribution in [0.2, 0.25) is 0 Å². The number of benzene rings is 2. The van der Waals surface area contributed by atoms with E-state index in [4.69, 9.17) is 0 Å². The number of carbonyl (C=O) groups excluding carboxylic acids is 1. The highest BCUT2D eigenvalue weighted by atomic mass is 32.2. The van der Waals surface area contributed by atoms with Crippen molar-refractivity contribution in [1.82, 2.24) is 20.5 Å². The summed E-state index contributed by atoms with van der Waals surface area (Å²) in [4.78, 5) is 27.7. The van der Waals surface area contributed by atoms with Gasteiger partial charge in [-0.25, -0.2) is 0 Å². The molecule has 1 amide bonds. The molecule has 0 bridgehead atoms. The number of carbonyl (C=O) groups is 1. The van der Waals surface area contributed by atoms with Crippen LogP contribution in [0, 0.1) is 0 Å². The predicted octanol–water partition coefficient (Wildman–Crippen LogP) is 5.98. The molecule has 1 aliphatic carbocycles. The molecular weight excluding hydrogens is 476 g/mol. The second-order valence-corrected chi connectivity index (χ2v) is 10.5. The highest BCUT2D eigenvalue weighted by molar-refractivity contribution is 8.02. The van der Waals surface area contributed by atoms with Gasteiger partial charge in [-0.05, 0) is 47.6 Å². The zero-order valence-electron chi connectivity index (χ0n) is 19.4. The molecule has 0 spiro atoms. The van der Waals surface area contributed by atoms with E-state index in [0.717, 1.165) is 39.4 Å². The van der Waals surface area contributed by atoms with Gasteiger partial charge in [-0.2, -0.15) is 0 Å². The van der Waals surface area contributed by atoms with Gasteiger partial charge in [0.25, 0.3) is 11.5 Å². The normalized spacial score (nSPS) is 14.9. The van der Waals surface area contributed by atoms with E-state index in [2.05, 4.69) is 38.0 Å². The molecule has 6 nitrogen and oxygen atoms in total. The lowest BCUT2D eigenvalue weighted by Gasteiger charge is -2.28. The number of fused-ring (bicyclic) bond motifs is 1. The molecule has 1 saturated carbocycles. The van der Waals surface area contributed by atoms with Crippen LogP contribution in [0.5, 0.6) is 0 Å². The Labute approximate surface area is 211 Å². The van der Waals surface area contributed by atoms with E-state index in [1.807, 2.05) is 48.2 Å². The Bertz CT molecular complexity index is 1430. The fourth-order valence-corrected chi connectivity index (χ4v) is 5.85. The van der Waals surface area contributed by atoms with Gasteiger partial charge >= 0.3 is 0 Å². The number of allylic oxidation sites excluding steroid dienone is 1. The first-order valence-corrected chi connectivity index (χ1v) is 13.6. The number of thioether (sulfide) groups is 1. The average Bonchev–Trinajstić information content (AvgIpc) is 3.58. The molecule has 2 aliphatic rings. The third kappa shape index (κ3) is 4.94. The Morgan fingerprint density at radius 1 is 1.09 bits per heavy atom. The molecule has 0 atom stereocenters. The largest absolute Gasteiger partial charge is 0.355 e. The van der Waals surface area contributed by atoms with Crippen LogP contribution in [0.15, 0.2) is 64.8 Å². The van der Waals surface area contributed by atoms with Gasteiger partial charge in [0.1, 0.15) is 10.6 Å². The number of aromatic nitrogens is 3. The summed E-state index contributed by atoms with van der Waals surface area (Å²) in [6.45, 7) is 0. The maximum atomic E-state index is 12.7. The molecule has 3 heterocycles. The summed E-state index contributed by atoms with van der Waals surface area (Å²) in [5.41, 5.74) is 3.55. The van der Waals surface area contributed by atoms with Crippen LogP contribution >= 0.6 is 23.1 Å². The van der Waals surface area contributed by atoms with Crippen molar-refractivity contribution in [2.75, 3.05) is 12.8 Å². The van der Waals surface area contributed by atoms with E-state index in [1.54, 1.807) is 6.07 Å². The Morgan fingerprint density at radius 3 is 2.51 bits per heavy atom. The third-order valence-corrected chi connectivity index (χ3v) is 8.17. The van der Waals surface area contributed by atoms with Crippen LogP contribution in [0.25, 0.3) is 32.0 Å². The number of aromatic amines is 1. The van der Waals surface area contributed by atoms with Gasteiger partial charge in [0.2, 0.25) is 0 Å². The molecule has 0 radical (unpaired) electrons. The summed E-state index contributed by atoms with van der Waals surface area (Å²) in [5.74, 6) is 1.36. The van der Waals surface area contributed by atoms with Gasteiger partial charge in [0.15, 0.2) is 5.01 Å². The standard InChI is InChI=1S/C23H20N4O2S.C4H6S/c1-24-20(28)17-12-15-10-11-16(13-8-5-9-13)18(19(15)25-21(17)29)23-27-26-22(30-23)14-6-3-2-4-7-14;1-2-4-5-3-1/h2-4,6-7,10-13H,5,8-9H2,1H3,(H,24,28)(H,25,29);1,3H,2,4H2. The SMILES string of the molecule is C1=CSCC1.CNC(=O)c1cc2ccc(C3CCC3)c(-c3nnc(-c4ccccc4)s3)c2[nH]c1=O. The van der Waals surface area contributed by atoms with E-state index in [9.17, 15) is 9.59 Å². The summed E-state index contributed by atoms with van der Waals surface area (Å²) in [6.07, 6.45) is 6.95. The van der Waals surface area contributed by atoms with Crippen molar-refractivity contribution in [3.8, 4) is 21.1 Å². The van der Waals surface area contributed by atoms with E-state index in [-0.39, 0.29) is 5.56 Å². The number of hydrogen-bond donors (Lipinski definition) is 2. The predicted molar refractivity (Wildman–Crippen MR) is 145 cm³/mol. The van der Waals surface area contributed by atoms with Crippen molar-refractivity contribution in [2.24, 2.45) is 0 Å². The van der Waals surface area contributed by atoms with E-state index in [0.29, 0.717) is 11.4 Å². The van der Waals surface area contributed by atoms with Gasteiger partial charge in [-0.3, -0.25) is 9.59 Å². The Kier molecular flexibility index (Phi) is 7.11. The van der Waals surface area contributed by atoms with Crippen molar-refractivity contribution in [2.45, 2.75) is 31.6 Å². The van der Waals surface area contributed by atoms with Crippen molar-refractivity contribution in [3.05, 3.63) is 81.5 Å². The first kappa shape index (κ1) is 23.5. The summed E-state index contributed by atoms with van der Waals surface area (Å²) < 4.78 is 0. The van der Waals surface area contributed by atoms with E-state index < -0.39 is 11.5 Å². The fraction of sp³-hybridized carbons (Fsp3) is 0.259. The van der Waals surface area contributed by atoms with E-state index >= 15 is 0 Å². The molecule has 1 fully saturated rings. The van der Waals surface area contributed by atoms with Gasteiger partial charge in [-0.15, -0.1) is 22.0 Å². The van der Waals surface area contributed by atoms with Crippen LogP contribution in [0.3, 0.4) is 0 Å². The molecule has 0 unspecified atom stereocenters. The molecular formula is C27H26N4O2S2. The lowest BCUT2D eigenvalue weighted by molar-refractivity contribution is 0.0962. The van der Waals surface area contributed by atoms with Crippen molar-refractivity contribution in [1.29, 1.82) is 0 Å². The van der Waals surface area contributed by atoms with Crippen molar-refractivity contribution < 1.29 is 4.79 Å². The minimum atomic E-state index is -0.401. The highest BCUT2D eigenvalue weighted by Crippen LogP contribution is 2.44. The molecule has 178 valence electrons. The van der Waals surface area contributed by atoms with Crippen LogP contribution < -0.4 is 10.9 Å². The molecule has 0 saturated heterocycles. The zero-order valence-corrected chi connectivity index (χ0v) is 21.0. The molecule has 35 heavy (non-hydrogen) atoms. The number of hydrogen-bond acceptors (Lipinski definition) is 6. The molecule has 2 N–H and O–H groups in total. The van der Waals surface area contributed by atoms with Gasteiger partial charge in [-0.1, -0.05) is 66.3 Å². The highest BCUT2D eigenvalue weighted by Gasteiger charge is 2.26. The van der Waals surface area contributed by atoms with Crippen LogP contribution in [-0.4, -0.2) is 33.9 Å². The Hall–Kier alpha value is -3.23. The van der Waals surface area contributed by atoms with Gasteiger partial charge in [0, 0.05) is 23.9 Å². The van der Waals surface area contributed by atoms with E-state index in [1.165, 1.54) is 42.5 Å². The van der Waals surface area contributed by atoms with Crippen LogP contribution in [0.4, 0.5) is 0 Å². The lowest BCUT2D eigenvalue weighted by atomic mass is 9.78. The van der Waals surface area contributed by atoms with Gasteiger partial charge < -0.3 is 10.3 Å². The quantitative estimate of drug-likeness (QED) is 0.359. The molecule has 2 aromatic carbocycles. The number of nitrogens with zero attached hydrogens (tertiary/aromatic N) is 2. The zero-order chi connectivity index (χ0) is 24.2. The summed E-state index contributed by atoms with van der Waals surface area (Å²) in [5, 5.41) is 16.0. The number of nitrogens with one attached hydrogen (secondary N) is 2. The minimum absolute atomic E-state index is 0.106. The maximum Gasteiger partial charge on any atom is 0.261 e. The van der Waals surface area contributed by atoms with Crippen molar-refractivity contribution >= 4 is 39.9 Å².